The zero-order valence-corrected chi connectivity index (χ0v) is 6.69. The first-order chi connectivity index (χ1) is 6.08. The normalized spacial score (nSPS) is 20.9. The lowest BCUT2D eigenvalue weighted by atomic mass is 10.2. The maximum atomic E-state index is 10.7. The molecule has 0 amide bonds. The molecule has 13 heavy (non-hydrogen) atoms. The third-order valence-corrected chi connectivity index (χ3v) is 1.56. The fraction of sp³-hybridized carbons (Fsp3) is 0.571. The van der Waals surface area contributed by atoms with Gasteiger partial charge in [0, 0.05) is 6.42 Å². The van der Waals surface area contributed by atoms with Gasteiger partial charge in [-0.3, -0.25) is 9.59 Å². The Kier molecular flexibility index (Phi) is 2.84. The van der Waals surface area contributed by atoms with Crippen LogP contribution >= 0.6 is 0 Å². The van der Waals surface area contributed by atoms with Crippen LogP contribution in [0.25, 0.3) is 0 Å². The van der Waals surface area contributed by atoms with Gasteiger partial charge in [0.25, 0.3) is 0 Å². The lowest BCUT2D eigenvalue weighted by molar-refractivity contribution is -0.146. The standard InChI is InChI=1S/C7H8O6/c8-5-2-1-4(12-5)3-6(9)13-7(10)11/h4H,1-3H2,(H,10,11)/t4-/m1/s1. The van der Waals surface area contributed by atoms with Gasteiger partial charge in [-0.15, -0.1) is 0 Å². The summed E-state index contributed by atoms with van der Waals surface area (Å²) in [6, 6.07) is 0. The minimum atomic E-state index is -1.64. The Balaban J connectivity index is 2.28. The zero-order valence-electron chi connectivity index (χ0n) is 6.69. The topological polar surface area (TPSA) is 89.9 Å². The largest absolute Gasteiger partial charge is 0.513 e. The molecule has 0 spiro atoms. The molecule has 1 heterocycles. The molecule has 1 atom stereocenters. The summed E-state index contributed by atoms with van der Waals surface area (Å²) in [5.74, 6) is -1.26. The van der Waals surface area contributed by atoms with Gasteiger partial charge < -0.3 is 14.6 Å². The summed E-state index contributed by atoms with van der Waals surface area (Å²) in [5, 5.41) is 8.06. The fourth-order valence-corrected chi connectivity index (χ4v) is 1.05. The van der Waals surface area contributed by atoms with Crippen LogP contribution in [0, 0.1) is 0 Å². The summed E-state index contributed by atoms with van der Waals surface area (Å²) in [6.07, 6.45) is -1.66. The number of carbonyl (C=O) groups is 3. The van der Waals surface area contributed by atoms with E-state index in [2.05, 4.69) is 9.47 Å². The predicted molar refractivity (Wildman–Crippen MR) is 37.8 cm³/mol. The van der Waals surface area contributed by atoms with Crippen molar-refractivity contribution in [3.05, 3.63) is 0 Å². The molecule has 6 heteroatoms. The minimum Gasteiger partial charge on any atom is -0.462 e. The third kappa shape index (κ3) is 3.10. The van der Waals surface area contributed by atoms with Crippen LogP contribution in [0.1, 0.15) is 19.3 Å². The first-order valence-corrected chi connectivity index (χ1v) is 3.71. The molecule has 1 saturated heterocycles. The van der Waals surface area contributed by atoms with Crippen LogP contribution in [0.5, 0.6) is 0 Å². The van der Waals surface area contributed by atoms with Gasteiger partial charge in [-0.25, -0.2) is 4.79 Å². The summed E-state index contributed by atoms with van der Waals surface area (Å²) >= 11 is 0. The van der Waals surface area contributed by atoms with E-state index in [4.69, 9.17) is 5.11 Å². The molecule has 72 valence electrons. The van der Waals surface area contributed by atoms with Crippen molar-refractivity contribution in [3.8, 4) is 0 Å². The van der Waals surface area contributed by atoms with Crippen LogP contribution in [0.2, 0.25) is 0 Å². The van der Waals surface area contributed by atoms with Crippen LogP contribution in [-0.4, -0.2) is 29.3 Å². The highest BCUT2D eigenvalue weighted by Gasteiger charge is 2.26. The maximum Gasteiger partial charge on any atom is 0.513 e. The molecule has 0 radical (unpaired) electrons. The van der Waals surface area contributed by atoms with Gasteiger partial charge in [-0.05, 0) is 6.42 Å². The lowest BCUT2D eigenvalue weighted by Gasteiger charge is -2.05. The SMILES string of the molecule is O=C(O)OC(=O)C[C@H]1CCC(=O)O1. The Morgan fingerprint density at radius 3 is 2.77 bits per heavy atom. The number of ether oxygens (including phenoxy) is 2. The Labute approximate surface area is 73.4 Å². The molecule has 0 aromatic carbocycles. The van der Waals surface area contributed by atoms with E-state index < -0.39 is 18.2 Å². The van der Waals surface area contributed by atoms with Crippen LogP contribution in [0.4, 0.5) is 4.79 Å². The van der Waals surface area contributed by atoms with Crippen molar-refractivity contribution >= 4 is 18.1 Å². The van der Waals surface area contributed by atoms with Gasteiger partial charge >= 0.3 is 18.1 Å². The summed E-state index contributed by atoms with van der Waals surface area (Å²) in [6.45, 7) is 0. The van der Waals surface area contributed by atoms with Crippen molar-refractivity contribution in [3.63, 3.8) is 0 Å². The Morgan fingerprint density at radius 1 is 1.62 bits per heavy atom. The van der Waals surface area contributed by atoms with Crippen molar-refractivity contribution in [1.29, 1.82) is 0 Å². The Bertz CT molecular complexity index is 245. The van der Waals surface area contributed by atoms with Crippen molar-refractivity contribution in [2.45, 2.75) is 25.4 Å². The molecular weight excluding hydrogens is 180 g/mol. The summed E-state index contributed by atoms with van der Waals surface area (Å²) in [4.78, 5) is 31.2. The molecule has 0 aromatic rings. The zero-order chi connectivity index (χ0) is 9.84. The fourth-order valence-electron chi connectivity index (χ4n) is 1.05. The molecule has 0 aromatic heterocycles. The van der Waals surface area contributed by atoms with Crippen LogP contribution in [0.3, 0.4) is 0 Å². The average molecular weight is 188 g/mol. The van der Waals surface area contributed by atoms with Crippen molar-refractivity contribution in [1.82, 2.24) is 0 Å². The molecule has 1 fully saturated rings. The number of cyclic esters (lactones) is 1. The second-order valence-electron chi connectivity index (χ2n) is 2.59. The van der Waals surface area contributed by atoms with Crippen molar-refractivity contribution in [2.24, 2.45) is 0 Å². The predicted octanol–water partition coefficient (Wildman–Crippen LogP) is 0.303. The van der Waals surface area contributed by atoms with E-state index in [1.807, 2.05) is 0 Å². The van der Waals surface area contributed by atoms with E-state index >= 15 is 0 Å². The second-order valence-corrected chi connectivity index (χ2v) is 2.59. The van der Waals surface area contributed by atoms with Gasteiger partial charge in [0.1, 0.15) is 6.10 Å². The highest BCUT2D eigenvalue weighted by molar-refractivity contribution is 5.82. The molecular formula is C7H8O6. The minimum absolute atomic E-state index is 0.196. The van der Waals surface area contributed by atoms with Gasteiger partial charge in [0.05, 0.1) is 6.42 Å². The van der Waals surface area contributed by atoms with Gasteiger partial charge in [0.15, 0.2) is 0 Å². The number of rotatable bonds is 2. The average Bonchev–Trinajstić information content (AvgIpc) is 2.33. The van der Waals surface area contributed by atoms with E-state index in [0.717, 1.165) is 0 Å². The molecule has 0 saturated carbocycles. The van der Waals surface area contributed by atoms with E-state index in [1.165, 1.54) is 0 Å². The van der Waals surface area contributed by atoms with E-state index in [1.54, 1.807) is 0 Å². The van der Waals surface area contributed by atoms with Crippen LogP contribution in [-0.2, 0) is 19.1 Å². The maximum absolute atomic E-state index is 10.7. The first-order valence-electron chi connectivity index (χ1n) is 3.71. The number of carbonyl (C=O) groups excluding carboxylic acids is 2. The molecule has 6 nitrogen and oxygen atoms in total. The number of carboxylic acid groups (broad SMARTS) is 1. The van der Waals surface area contributed by atoms with E-state index in [9.17, 15) is 14.4 Å². The van der Waals surface area contributed by atoms with Gasteiger partial charge in [-0.1, -0.05) is 0 Å². The lowest BCUT2D eigenvalue weighted by Crippen LogP contribution is -2.17. The van der Waals surface area contributed by atoms with E-state index in [-0.39, 0.29) is 18.8 Å². The van der Waals surface area contributed by atoms with Crippen molar-refractivity contribution in [2.75, 3.05) is 0 Å². The first kappa shape index (κ1) is 9.50. The Morgan fingerprint density at radius 2 is 2.31 bits per heavy atom. The van der Waals surface area contributed by atoms with Crippen LogP contribution < -0.4 is 0 Å². The quantitative estimate of drug-likeness (QED) is 0.495. The highest BCUT2D eigenvalue weighted by Crippen LogP contribution is 2.16. The second kappa shape index (κ2) is 3.88. The molecule has 0 bridgehead atoms. The number of hydrogen-bond acceptors (Lipinski definition) is 5. The monoisotopic (exact) mass is 188 g/mol. The highest BCUT2D eigenvalue weighted by atomic mass is 16.7. The van der Waals surface area contributed by atoms with Gasteiger partial charge in [0.2, 0.25) is 0 Å². The molecule has 1 aliphatic rings. The number of hydrogen-bond donors (Lipinski definition) is 1. The molecule has 1 rings (SSSR count). The van der Waals surface area contributed by atoms with Crippen LogP contribution in [0.15, 0.2) is 0 Å². The summed E-state index contributed by atoms with van der Waals surface area (Å²) < 4.78 is 8.51. The summed E-state index contributed by atoms with van der Waals surface area (Å²) in [7, 11) is 0. The smallest absolute Gasteiger partial charge is 0.462 e. The Hall–Kier alpha value is -1.59. The third-order valence-electron chi connectivity index (χ3n) is 1.56. The van der Waals surface area contributed by atoms with E-state index in [0.29, 0.717) is 6.42 Å². The molecule has 0 aliphatic carbocycles. The van der Waals surface area contributed by atoms with Crippen molar-refractivity contribution < 1.29 is 29.0 Å². The molecule has 0 unspecified atom stereocenters. The molecule has 1 N–H and O–H groups in total. The summed E-state index contributed by atoms with van der Waals surface area (Å²) in [5.41, 5.74) is 0. The number of esters is 2. The van der Waals surface area contributed by atoms with Gasteiger partial charge in [-0.2, -0.15) is 0 Å². The molecule has 1 aliphatic heterocycles.